The summed E-state index contributed by atoms with van der Waals surface area (Å²) in [6.07, 6.45) is -4.78. The van der Waals surface area contributed by atoms with E-state index in [9.17, 15) is 23.1 Å². The Morgan fingerprint density at radius 1 is 1.50 bits per heavy atom. The average molecular weight is 374 g/mol. The van der Waals surface area contributed by atoms with Crippen molar-refractivity contribution in [2.24, 2.45) is 0 Å². The molecule has 144 valence electrons. The molecule has 0 fully saturated rings. The minimum Gasteiger partial charge on any atom is -0.453 e. The molecule has 6 nitrogen and oxygen atoms in total. The number of alkyl halides is 3. The highest BCUT2D eigenvalue weighted by molar-refractivity contribution is 5.71. The summed E-state index contributed by atoms with van der Waals surface area (Å²) >= 11 is 0. The molecule has 1 aromatic rings. The number of allylic oxidation sites excluding steroid dienone is 1. The van der Waals surface area contributed by atoms with Crippen molar-refractivity contribution in [3.63, 3.8) is 0 Å². The number of methoxy groups -OCH3 is 1. The van der Waals surface area contributed by atoms with E-state index < -0.39 is 30.3 Å². The second kappa shape index (κ2) is 7.96. The summed E-state index contributed by atoms with van der Waals surface area (Å²) in [5.41, 5.74) is 0.289. The number of amides is 1. The van der Waals surface area contributed by atoms with E-state index in [2.05, 4.69) is 10.1 Å². The lowest BCUT2D eigenvalue weighted by Gasteiger charge is -2.40. The van der Waals surface area contributed by atoms with Crippen molar-refractivity contribution in [2.45, 2.75) is 38.9 Å². The van der Waals surface area contributed by atoms with E-state index >= 15 is 0 Å². The largest absolute Gasteiger partial charge is 0.453 e. The van der Waals surface area contributed by atoms with Gasteiger partial charge < -0.3 is 19.9 Å². The maximum atomic E-state index is 13.1. The minimum atomic E-state index is -4.53. The number of aliphatic hydroxyl groups excluding tert-OH is 1. The predicted molar refractivity (Wildman–Crippen MR) is 88.2 cm³/mol. The first kappa shape index (κ1) is 20.1. The van der Waals surface area contributed by atoms with Crippen LogP contribution >= 0.6 is 0 Å². The topological polar surface area (TPSA) is 71.0 Å². The molecule has 1 heterocycles. The van der Waals surface area contributed by atoms with Crippen molar-refractivity contribution < 1.29 is 32.5 Å². The molecule has 0 radical (unpaired) electrons. The molecule has 0 spiro atoms. The summed E-state index contributed by atoms with van der Waals surface area (Å²) in [5, 5.41) is 12.8. The quantitative estimate of drug-likeness (QED) is 0.789. The summed E-state index contributed by atoms with van der Waals surface area (Å²) in [6.45, 7) is 3.64. The SMILES string of the molecule is C/C=C1/C[C@H](NC(=O)OC)c2cc(C(F)(F)F)ccc2N1C(O)OCC. The Bertz CT molecular complexity index is 691. The van der Waals surface area contributed by atoms with Crippen LogP contribution in [-0.4, -0.2) is 31.3 Å². The molecule has 0 aliphatic carbocycles. The fourth-order valence-electron chi connectivity index (χ4n) is 2.87. The molecule has 0 saturated heterocycles. The van der Waals surface area contributed by atoms with Gasteiger partial charge in [0.1, 0.15) is 0 Å². The molecule has 26 heavy (non-hydrogen) atoms. The third-order valence-electron chi connectivity index (χ3n) is 4.06. The van der Waals surface area contributed by atoms with Crippen molar-refractivity contribution >= 4 is 11.8 Å². The Morgan fingerprint density at radius 2 is 2.19 bits per heavy atom. The smallest absolute Gasteiger partial charge is 0.416 e. The highest BCUT2D eigenvalue weighted by Crippen LogP contribution is 2.43. The fraction of sp³-hybridized carbons (Fsp3) is 0.471. The molecule has 1 aliphatic rings. The summed E-state index contributed by atoms with van der Waals surface area (Å²) in [6, 6.07) is 2.41. The van der Waals surface area contributed by atoms with E-state index in [1.54, 1.807) is 19.9 Å². The number of hydrogen-bond donors (Lipinski definition) is 2. The highest BCUT2D eigenvalue weighted by Gasteiger charge is 2.37. The van der Waals surface area contributed by atoms with Crippen LogP contribution in [0.15, 0.2) is 30.0 Å². The molecule has 9 heteroatoms. The van der Waals surface area contributed by atoms with Crippen molar-refractivity contribution in [3.05, 3.63) is 41.1 Å². The lowest BCUT2D eigenvalue weighted by molar-refractivity contribution is -0.137. The van der Waals surface area contributed by atoms with Gasteiger partial charge in [-0.1, -0.05) is 6.08 Å². The summed E-state index contributed by atoms with van der Waals surface area (Å²) in [4.78, 5) is 13.0. The van der Waals surface area contributed by atoms with E-state index in [0.29, 0.717) is 11.4 Å². The summed E-state index contributed by atoms with van der Waals surface area (Å²) in [7, 11) is 1.17. The first-order chi connectivity index (χ1) is 12.2. The molecule has 1 amide bonds. The second-order valence-corrected chi connectivity index (χ2v) is 5.60. The van der Waals surface area contributed by atoms with Gasteiger partial charge in [0.25, 0.3) is 0 Å². The van der Waals surface area contributed by atoms with Gasteiger partial charge in [-0.2, -0.15) is 13.2 Å². The number of anilines is 1. The minimum absolute atomic E-state index is 0.171. The standard InChI is InChI=1S/C17H21F3N2O4/c1-4-11-9-13(21-15(23)25-3)12-8-10(17(18,19)20)6-7-14(12)22(11)16(24)26-5-2/h4,6-8,13,16,24H,5,9H2,1-3H3,(H,21,23)/b11-4-/t13-,16?/m0/s1. The van der Waals surface area contributed by atoms with Crippen LogP contribution in [0.4, 0.5) is 23.7 Å². The van der Waals surface area contributed by atoms with Crippen molar-refractivity contribution in [2.75, 3.05) is 18.6 Å². The number of nitrogens with zero attached hydrogens (tertiary/aromatic N) is 1. The monoisotopic (exact) mass is 374 g/mol. The van der Waals surface area contributed by atoms with Gasteiger partial charge in [0, 0.05) is 18.7 Å². The van der Waals surface area contributed by atoms with Crippen LogP contribution in [0.1, 0.15) is 37.4 Å². The number of aliphatic hydroxyl groups is 1. The number of hydrogen-bond acceptors (Lipinski definition) is 5. The van der Waals surface area contributed by atoms with Gasteiger partial charge in [-0.3, -0.25) is 4.90 Å². The Hall–Kier alpha value is -2.26. The molecule has 0 aromatic heterocycles. The van der Waals surface area contributed by atoms with Crippen LogP contribution in [-0.2, 0) is 15.7 Å². The van der Waals surface area contributed by atoms with E-state index in [1.165, 1.54) is 18.1 Å². The van der Waals surface area contributed by atoms with Gasteiger partial charge >= 0.3 is 12.3 Å². The van der Waals surface area contributed by atoms with Gasteiger partial charge in [0.2, 0.25) is 6.41 Å². The first-order valence-corrected chi connectivity index (χ1v) is 8.02. The van der Waals surface area contributed by atoms with Crippen LogP contribution < -0.4 is 10.2 Å². The van der Waals surface area contributed by atoms with E-state index in [1.807, 2.05) is 0 Å². The zero-order chi connectivity index (χ0) is 19.5. The third kappa shape index (κ3) is 4.10. The fourth-order valence-corrected chi connectivity index (χ4v) is 2.87. The maximum absolute atomic E-state index is 13.1. The summed E-state index contributed by atoms with van der Waals surface area (Å²) < 4.78 is 49.1. The molecule has 1 aromatic carbocycles. The van der Waals surface area contributed by atoms with Crippen molar-refractivity contribution in [1.82, 2.24) is 5.32 Å². The molecule has 2 rings (SSSR count). The molecule has 2 atom stereocenters. The Labute approximate surface area is 149 Å². The molecule has 0 bridgehead atoms. The van der Waals surface area contributed by atoms with E-state index in [0.717, 1.165) is 12.1 Å². The van der Waals surface area contributed by atoms with Crippen LogP contribution in [0.3, 0.4) is 0 Å². The normalized spacial score (nSPS) is 19.9. The molecule has 2 N–H and O–H groups in total. The van der Waals surface area contributed by atoms with Gasteiger partial charge in [-0.25, -0.2) is 4.79 Å². The van der Waals surface area contributed by atoms with Crippen molar-refractivity contribution in [1.29, 1.82) is 0 Å². The zero-order valence-corrected chi connectivity index (χ0v) is 14.6. The number of ether oxygens (including phenoxy) is 2. The molecular weight excluding hydrogens is 353 g/mol. The lowest BCUT2D eigenvalue weighted by atomic mass is 9.92. The second-order valence-electron chi connectivity index (χ2n) is 5.60. The van der Waals surface area contributed by atoms with Crippen molar-refractivity contribution in [3.8, 4) is 0 Å². The zero-order valence-electron chi connectivity index (χ0n) is 14.6. The van der Waals surface area contributed by atoms with E-state index in [-0.39, 0.29) is 18.6 Å². The number of carbonyl (C=O) groups excluding carboxylic acids is 1. The average Bonchev–Trinajstić information content (AvgIpc) is 2.60. The van der Waals surface area contributed by atoms with Gasteiger partial charge in [0.15, 0.2) is 0 Å². The number of carbonyl (C=O) groups is 1. The van der Waals surface area contributed by atoms with Gasteiger partial charge in [0.05, 0.1) is 24.4 Å². The van der Waals surface area contributed by atoms with Gasteiger partial charge in [-0.15, -0.1) is 0 Å². The molecule has 1 aliphatic heterocycles. The number of fused-ring (bicyclic) bond motifs is 1. The Morgan fingerprint density at radius 3 is 2.73 bits per heavy atom. The van der Waals surface area contributed by atoms with Crippen LogP contribution in [0.2, 0.25) is 0 Å². The van der Waals surface area contributed by atoms with Crippen LogP contribution in [0.25, 0.3) is 0 Å². The summed E-state index contributed by atoms with van der Waals surface area (Å²) in [5.74, 6) is 0. The molecule has 1 unspecified atom stereocenters. The number of rotatable bonds is 4. The Kier molecular flexibility index (Phi) is 6.14. The predicted octanol–water partition coefficient (Wildman–Crippen LogP) is 3.53. The van der Waals surface area contributed by atoms with E-state index in [4.69, 9.17) is 4.74 Å². The third-order valence-corrected chi connectivity index (χ3v) is 4.06. The molecular formula is C17H21F3N2O4. The number of benzene rings is 1. The lowest BCUT2D eigenvalue weighted by Crippen LogP contribution is -2.43. The Balaban J connectivity index is 2.57. The number of alkyl carbamates (subject to hydrolysis) is 1. The van der Waals surface area contributed by atoms with Gasteiger partial charge in [-0.05, 0) is 37.6 Å². The number of halogens is 3. The molecule has 0 saturated carbocycles. The van der Waals surface area contributed by atoms with Crippen LogP contribution in [0, 0.1) is 0 Å². The van der Waals surface area contributed by atoms with Crippen LogP contribution in [0.5, 0.6) is 0 Å². The first-order valence-electron chi connectivity index (χ1n) is 8.02. The maximum Gasteiger partial charge on any atom is 0.416 e. The number of nitrogens with one attached hydrogen (secondary N) is 1. The highest BCUT2D eigenvalue weighted by atomic mass is 19.4.